The number of fused-ring (bicyclic) bond motifs is 1. The number of aliphatic hydroxyl groups excluding tert-OH is 1. The van der Waals surface area contributed by atoms with Gasteiger partial charge in [0.2, 0.25) is 0 Å². The molecular weight excluding hydrogens is 1180 g/mol. The van der Waals surface area contributed by atoms with E-state index in [0.29, 0.717) is 0 Å². The van der Waals surface area contributed by atoms with Gasteiger partial charge in [-0.05, 0) is 11.7 Å². The Labute approximate surface area is 276 Å². The van der Waals surface area contributed by atoms with Crippen molar-refractivity contribution in [3.05, 3.63) is 75.9 Å². The third-order valence-corrected chi connectivity index (χ3v) is 5.12. The summed E-state index contributed by atoms with van der Waals surface area (Å²) in [5.74, 6) is -1.37. The van der Waals surface area contributed by atoms with Crippen LogP contribution in [0.2, 0.25) is 0 Å². The van der Waals surface area contributed by atoms with Gasteiger partial charge in [-0.2, -0.15) is 0 Å². The average Bonchev–Trinajstić information content (AvgIpc) is 3.40. The molecular formula is C19H23N2O9P2U3-. The van der Waals surface area contributed by atoms with Crippen LogP contribution in [0.25, 0.3) is 0 Å². The number of ether oxygens (including phenoxy) is 2. The zero-order chi connectivity index (χ0) is 24.1. The Morgan fingerprint density at radius 3 is 2.00 bits per heavy atom. The number of rotatable bonds is 4. The fourth-order valence-corrected chi connectivity index (χ4v) is 3.54. The summed E-state index contributed by atoms with van der Waals surface area (Å²) in [7, 11) is -1.67. The first-order valence-electron chi connectivity index (χ1n) is 9.28. The monoisotopic (exact) mass is 1200 g/mol. The third-order valence-electron chi connectivity index (χ3n) is 5.12. The van der Waals surface area contributed by atoms with Crippen molar-refractivity contribution in [2.24, 2.45) is 0 Å². The number of hydrogen-bond acceptors (Lipinski definition) is 7. The van der Waals surface area contributed by atoms with Crippen molar-refractivity contribution in [1.82, 2.24) is 9.13 Å². The molecule has 2 fully saturated rings. The summed E-state index contributed by atoms with van der Waals surface area (Å²) in [5, 5.41) is 9.99. The van der Waals surface area contributed by atoms with Crippen LogP contribution in [0, 0.1) is 100 Å². The van der Waals surface area contributed by atoms with Crippen molar-refractivity contribution < 1.29 is 127 Å². The Bertz CT molecular complexity index is 1070. The van der Waals surface area contributed by atoms with Gasteiger partial charge in [0, 0.05) is 118 Å². The van der Waals surface area contributed by atoms with Crippen LogP contribution in [0.3, 0.4) is 0 Å². The molecule has 0 saturated carbocycles. The predicted molar refractivity (Wildman–Crippen MR) is 113 cm³/mol. The fourth-order valence-electron chi connectivity index (χ4n) is 3.54. The minimum Gasteiger partial charge on any atom is -0.390 e. The van der Waals surface area contributed by atoms with Crippen LogP contribution in [0.1, 0.15) is 19.4 Å². The molecule has 2 aliphatic heterocycles. The van der Waals surface area contributed by atoms with Crippen LogP contribution in [0.15, 0.2) is 52.2 Å². The number of hydrogen-bond donors (Lipinski definition) is 3. The SMILES string of the molecule is O=PO.O=PO.[CH2-][C@H]1OC2(n3ccc(=O)n(CC(C)(C)c4ccccc4)c3=O)OC2C1O.[U].[U].[U]. The Balaban J connectivity index is 0. The van der Waals surface area contributed by atoms with Crippen molar-refractivity contribution in [2.45, 2.75) is 50.0 Å². The Hall–Kier alpha value is 1.06. The van der Waals surface area contributed by atoms with Gasteiger partial charge in [0.25, 0.3) is 11.5 Å². The molecule has 0 aliphatic carbocycles. The van der Waals surface area contributed by atoms with Crippen LogP contribution in [-0.4, -0.2) is 42.3 Å². The summed E-state index contributed by atoms with van der Waals surface area (Å²) in [6, 6.07) is 11.0. The van der Waals surface area contributed by atoms with Gasteiger partial charge in [0.15, 0.2) is 6.10 Å². The van der Waals surface area contributed by atoms with Crippen LogP contribution in [0.4, 0.5) is 0 Å². The maximum Gasteiger partial charge on any atom is 0.335 e. The maximum absolute atomic E-state index is 13.0. The molecule has 3 N–H and O–H groups in total. The van der Waals surface area contributed by atoms with E-state index < -0.39 is 58.3 Å². The van der Waals surface area contributed by atoms with E-state index in [1.165, 1.54) is 21.4 Å². The Kier molecular flexibility index (Phi) is 18.4. The molecule has 0 bridgehead atoms. The van der Waals surface area contributed by atoms with Gasteiger partial charge in [-0.1, -0.05) is 44.2 Å². The summed E-state index contributed by atoms with van der Waals surface area (Å²) in [5.41, 5.74) is -0.347. The number of epoxide rings is 1. The molecule has 4 atom stereocenters. The van der Waals surface area contributed by atoms with Gasteiger partial charge in [-0.3, -0.25) is 9.36 Å². The number of benzene rings is 1. The smallest absolute Gasteiger partial charge is 0.335 e. The molecule has 3 unspecified atom stereocenters. The van der Waals surface area contributed by atoms with Crippen molar-refractivity contribution in [1.29, 1.82) is 0 Å². The van der Waals surface area contributed by atoms with Gasteiger partial charge in [0.1, 0.15) is 0 Å². The minimum absolute atomic E-state index is 0. The van der Waals surface area contributed by atoms with Gasteiger partial charge >= 0.3 is 23.1 Å². The van der Waals surface area contributed by atoms with E-state index in [4.69, 9.17) is 28.4 Å². The second kappa shape index (κ2) is 16.9. The summed E-state index contributed by atoms with van der Waals surface area (Å²) >= 11 is 0. The average molecular weight is 1200 g/mol. The normalized spacial score (nSPS) is 23.7. The number of nitrogens with zero attached hydrogens (tertiary/aromatic N) is 2. The minimum atomic E-state index is -1.37. The molecule has 2 saturated heterocycles. The summed E-state index contributed by atoms with van der Waals surface area (Å²) in [6.45, 7) is 7.85. The zero-order valence-corrected chi connectivity index (χ0v) is 33.0. The first-order chi connectivity index (χ1) is 15.1. The van der Waals surface area contributed by atoms with Gasteiger partial charge in [-0.15, -0.1) is 0 Å². The van der Waals surface area contributed by atoms with Crippen LogP contribution in [-0.2, 0) is 36.5 Å². The van der Waals surface area contributed by atoms with E-state index in [1.54, 1.807) is 0 Å². The third kappa shape index (κ3) is 9.05. The molecule has 4 rings (SSSR count). The molecule has 3 heterocycles. The molecule has 16 heteroatoms. The van der Waals surface area contributed by atoms with Crippen molar-refractivity contribution in [3.63, 3.8) is 0 Å². The molecule has 0 radical (unpaired) electrons. The van der Waals surface area contributed by atoms with Crippen molar-refractivity contribution in [2.75, 3.05) is 0 Å². The van der Waals surface area contributed by atoms with E-state index in [9.17, 15) is 14.7 Å². The molecule has 2 aromatic rings. The second-order valence-corrected chi connectivity index (χ2v) is 7.95. The largest absolute Gasteiger partial charge is 0.390 e. The topological polar surface area (TPSA) is 161 Å². The Morgan fingerprint density at radius 2 is 1.54 bits per heavy atom. The zero-order valence-electron chi connectivity index (χ0n) is 18.8. The van der Waals surface area contributed by atoms with Gasteiger partial charge < -0.3 is 31.3 Å². The second-order valence-electron chi connectivity index (χ2n) is 7.62. The summed E-state index contributed by atoms with van der Waals surface area (Å²) < 4.78 is 30.3. The van der Waals surface area contributed by atoms with E-state index in [0.717, 1.165) is 5.56 Å². The first kappa shape index (κ1) is 38.2. The molecule has 1 aromatic carbocycles. The van der Waals surface area contributed by atoms with Crippen molar-refractivity contribution >= 4 is 17.4 Å². The standard InChI is InChI=1S/C19H21N2O5.2HO2P.3U/c1-12-15(23)16-19(25-12,26-16)21-10-9-14(22)20(17(21)24)11-18(2,3)13-7-5-4-6-8-13;2*1-3-2;;;/h4-10,12,15-16,23H,1,11H2,2-3H3;2*(H,1,2);;;/q-1;;;;;/t12-,15?,16?,19?;;;;;/m1...../s1. The number of aliphatic hydroxyl groups is 1. The van der Waals surface area contributed by atoms with Gasteiger partial charge in [0.05, 0.1) is 6.10 Å². The molecule has 0 amide bonds. The summed E-state index contributed by atoms with van der Waals surface area (Å²) in [4.78, 5) is 39.3. The molecule has 11 nitrogen and oxygen atoms in total. The van der Waals surface area contributed by atoms with Crippen molar-refractivity contribution in [3.8, 4) is 0 Å². The fraction of sp³-hybridized carbons (Fsp3) is 0.421. The predicted octanol–water partition coefficient (Wildman–Crippen LogP) is 0.961. The van der Waals surface area contributed by atoms with Crippen LogP contribution in [0.5, 0.6) is 0 Å². The quantitative estimate of drug-likeness (QED) is 0.231. The molecule has 35 heavy (non-hydrogen) atoms. The molecule has 1 aromatic heterocycles. The molecule has 0 spiro atoms. The Morgan fingerprint density at radius 1 is 1.03 bits per heavy atom. The van der Waals surface area contributed by atoms with Crippen LogP contribution >= 0.6 is 17.4 Å². The van der Waals surface area contributed by atoms with E-state index >= 15 is 0 Å². The van der Waals surface area contributed by atoms with E-state index in [-0.39, 0.29) is 99.9 Å². The maximum atomic E-state index is 13.0. The van der Waals surface area contributed by atoms with E-state index in [1.807, 2.05) is 44.2 Å². The van der Waals surface area contributed by atoms with E-state index in [2.05, 4.69) is 6.92 Å². The number of aromatic nitrogens is 2. The van der Waals surface area contributed by atoms with Gasteiger partial charge in [-0.25, -0.2) is 18.5 Å². The molecule has 186 valence electrons. The molecule has 2 aliphatic rings. The van der Waals surface area contributed by atoms with Crippen LogP contribution < -0.4 is 11.2 Å². The summed E-state index contributed by atoms with van der Waals surface area (Å²) in [6.07, 6.45) is -0.915. The first-order valence-corrected chi connectivity index (χ1v) is 10.8.